The topological polar surface area (TPSA) is 9.23 Å². The molecular weight excluding hydrogens is 296 g/mol. The van der Waals surface area contributed by atoms with E-state index in [0.717, 1.165) is 28.6 Å². The molecule has 0 aliphatic heterocycles. The molecule has 0 radical (unpaired) electrons. The van der Waals surface area contributed by atoms with Crippen molar-refractivity contribution in [3.8, 4) is 5.75 Å². The maximum atomic E-state index is 5.58. The minimum Gasteiger partial charge on any atom is -0.493 e. The van der Waals surface area contributed by atoms with Crippen LogP contribution in [0.5, 0.6) is 5.75 Å². The van der Waals surface area contributed by atoms with Crippen LogP contribution in [0.15, 0.2) is 22.7 Å². The molecule has 0 heterocycles. The predicted octanol–water partition coefficient (Wildman–Crippen LogP) is 3.92. The van der Waals surface area contributed by atoms with Crippen molar-refractivity contribution in [3.63, 3.8) is 0 Å². The second-order valence-electron chi connectivity index (χ2n) is 2.80. The van der Waals surface area contributed by atoms with Crippen molar-refractivity contribution in [3.05, 3.63) is 28.2 Å². The Bertz CT molecular complexity index is 274. The van der Waals surface area contributed by atoms with E-state index in [4.69, 9.17) is 4.74 Å². The van der Waals surface area contributed by atoms with Crippen molar-refractivity contribution in [1.29, 1.82) is 0 Å². The highest BCUT2D eigenvalue weighted by molar-refractivity contribution is 9.10. The number of hydrogen-bond donors (Lipinski definition) is 0. The summed E-state index contributed by atoms with van der Waals surface area (Å²) < 4.78 is 6.68. The molecule has 0 aliphatic carbocycles. The van der Waals surface area contributed by atoms with Gasteiger partial charge in [-0.1, -0.05) is 31.9 Å². The monoisotopic (exact) mass is 306 g/mol. The molecule has 0 amide bonds. The van der Waals surface area contributed by atoms with E-state index in [0.29, 0.717) is 0 Å². The highest BCUT2D eigenvalue weighted by Crippen LogP contribution is 2.22. The van der Waals surface area contributed by atoms with E-state index >= 15 is 0 Å². The Morgan fingerprint density at radius 3 is 2.77 bits per heavy atom. The quantitative estimate of drug-likeness (QED) is 0.605. The van der Waals surface area contributed by atoms with E-state index < -0.39 is 0 Å². The standard InChI is InChI=1S/C10H12Br2O/c1-8-7-9(12)3-4-10(8)13-6-2-5-11/h3-4,7H,2,5-6H2,1H3. The summed E-state index contributed by atoms with van der Waals surface area (Å²) in [5.41, 5.74) is 1.17. The molecule has 0 unspecified atom stereocenters. The third-order valence-corrected chi connectivity index (χ3v) is 2.73. The molecular formula is C10H12Br2O. The Labute approximate surface area is 95.7 Å². The van der Waals surface area contributed by atoms with Crippen molar-refractivity contribution in [2.75, 3.05) is 11.9 Å². The number of rotatable bonds is 4. The van der Waals surface area contributed by atoms with Crippen molar-refractivity contribution in [1.82, 2.24) is 0 Å². The fourth-order valence-corrected chi connectivity index (χ4v) is 1.72. The molecule has 0 aromatic heterocycles. The molecule has 0 atom stereocenters. The van der Waals surface area contributed by atoms with Gasteiger partial charge in [0.2, 0.25) is 0 Å². The third-order valence-electron chi connectivity index (χ3n) is 1.67. The van der Waals surface area contributed by atoms with Gasteiger partial charge in [0.05, 0.1) is 6.61 Å². The van der Waals surface area contributed by atoms with Crippen LogP contribution in [0.2, 0.25) is 0 Å². The van der Waals surface area contributed by atoms with E-state index in [9.17, 15) is 0 Å². The Morgan fingerprint density at radius 1 is 1.38 bits per heavy atom. The molecule has 0 fully saturated rings. The van der Waals surface area contributed by atoms with E-state index in [1.54, 1.807) is 0 Å². The van der Waals surface area contributed by atoms with E-state index in [-0.39, 0.29) is 0 Å². The normalized spacial score (nSPS) is 10.1. The van der Waals surface area contributed by atoms with E-state index in [1.807, 2.05) is 19.1 Å². The van der Waals surface area contributed by atoms with Gasteiger partial charge in [-0.3, -0.25) is 0 Å². The van der Waals surface area contributed by atoms with Crippen molar-refractivity contribution in [2.24, 2.45) is 0 Å². The molecule has 1 aromatic carbocycles. The van der Waals surface area contributed by atoms with Gasteiger partial charge >= 0.3 is 0 Å². The first-order chi connectivity index (χ1) is 6.24. The fraction of sp³-hybridized carbons (Fsp3) is 0.400. The fourth-order valence-electron chi connectivity index (χ4n) is 1.01. The Kier molecular flexibility index (Phi) is 4.81. The second-order valence-corrected chi connectivity index (χ2v) is 4.51. The number of halogens is 2. The lowest BCUT2D eigenvalue weighted by Crippen LogP contribution is -1.98. The molecule has 0 saturated heterocycles. The van der Waals surface area contributed by atoms with Gasteiger partial charge in [0.25, 0.3) is 0 Å². The number of benzene rings is 1. The first-order valence-electron chi connectivity index (χ1n) is 4.19. The highest BCUT2D eigenvalue weighted by atomic mass is 79.9. The van der Waals surface area contributed by atoms with Gasteiger partial charge in [0.1, 0.15) is 5.75 Å². The average Bonchev–Trinajstić information content (AvgIpc) is 2.09. The molecule has 13 heavy (non-hydrogen) atoms. The van der Waals surface area contributed by atoms with Crippen LogP contribution >= 0.6 is 31.9 Å². The lowest BCUT2D eigenvalue weighted by Gasteiger charge is -2.08. The largest absolute Gasteiger partial charge is 0.493 e. The van der Waals surface area contributed by atoms with Crippen molar-refractivity contribution in [2.45, 2.75) is 13.3 Å². The van der Waals surface area contributed by atoms with Gasteiger partial charge in [-0.2, -0.15) is 0 Å². The lowest BCUT2D eigenvalue weighted by atomic mass is 10.2. The molecule has 3 heteroatoms. The summed E-state index contributed by atoms with van der Waals surface area (Å²) >= 11 is 6.78. The molecule has 1 rings (SSSR count). The van der Waals surface area contributed by atoms with Crippen LogP contribution in [0.3, 0.4) is 0 Å². The van der Waals surface area contributed by atoms with Crippen molar-refractivity contribution < 1.29 is 4.74 Å². The minimum atomic E-state index is 0.772. The van der Waals surface area contributed by atoms with Crippen LogP contribution in [0.25, 0.3) is 0 Å². The van der Waals surface area contributed by atoms with Gasteiger partial charge in [0, 0.05) is 9.80 Å². The molecule has 0 spiro atoms. The van der Waals surface area contributed by atoms with Gasteiger partial charge in [-0.05, 0) is 37.1 Å². The molecule has 1 nitrogen and oxygen atoms in total. The van der Waals surface area contributed by atoms with Crippen molar-refractivity contribution >= 4 is 31.9 Å². The van der Waals surface area contributed by atoms with Gasteiger partial charge in [0.15, 0.2) is 0 Å². The summed E-state index contributed by atoms with van der Waals surface area (Å²) in [5.74, 6) is 0.976. The number of aryl methyl sites for hydroxylation is 1. The SMILES string of the molecule is Cc1cc(Br)ccc1OCCCBr. The van der Waals surface area contributed by atoms with Crippen LogP contribution in [-0.2, 0) is 0 Å². The Hall–Kier alpha value is -0.0200. The molecule has 0 N–H and O–H groups in total. The summed E-state index contributed by atoms with van der Waals surface area (Å²) in [7, 11) is 0. The minimum absolute atomic E-state index is 0.772. The van der Waals surface area contributed by atoms with Crippen LogP contribution < -0.4 is 4.74 Å². The highest BCUT2D eigenvalue weighted by Gasteiger charge is 1.98. The van der Waals surface area contributed by atoms with E-state index in [1.165, 1.54) is 5.56 Å². The third kappa shape index (κ3) is 3.69. The first-order valence-corrected chi connectivity index (χ1v) is 6.10. The molecule has 0 saturated carbocycles. The van der Waals surface area contributed by atoms with Crippen LogP contribution in [0.4, 0.5) is 0 Å². The summed E-state index contributed by atoms with van der Waals surface area (Å²) in [4.78, 5) is 0. The average molecular weight is 308 g/mol. The molecule has 72 valence electrons. The maximum Gasteiger partial charge on any atom is 0.122 e. The van der Waals surface area contributed by atoms with Gasteiger partial charge in [-0.25, -0.2) is 0 Å². The Morgan fingerprint density at radius 2 is 2.15 bits per heavy atom. The number of hydrogen-bond acceptors (Lipinski definition) is 1. The van der Waals surface area contributed by atoms with E-state index in [2.05, 4.69) is 37.9 Å². The van der Waals surface area contributed by atoms with Crippen LogP contribution in [0.1, 0.15) is 12.0 Å². The summed E-state index contributed by atoms with van der Waals surface area (Å²) in [6.07, 6.45) is 1.04. The molecule has 0 aliphatic rings. The molecule has 0 bridgehead atoms. The maximum absolute atomic E-state index is 5.58. The van der Waals surface area contributed by atoms with Crippen LogP contribution in [0, 0.1) is 6.92 Å². The number of ether oxygens (including phenoxy) is 1. The lowest BCUT2D eigenvalue weighted by molar-refractivity contribution is 0.317. The predicted molar refractivity (Wildman–Crippen MR) is 62.8 cm³/mol. The summed E-state index contributed by atoms with van der Waals surface area (Å²) in [6.45, 7) is 2.82. The smallest absolute Gasteiger partial charge is 0.122 e. The Balaban J connectivity index is 2.56. The van der Waals surface area contributed by atoms with Crippen LogP contribution in [-0.4, -0.2) is 11.9 Å². The summed E-state index contributed by atoms with van der Waals surface area (Å²) in [5, 5.41) is 0.989. The molecule has 1 aromatic rings. The second kappa shape index (κ2) is 5.66. The zero-order valence-corrected chi connectivity index (χ0v) is 10.7. The summed E-state index contributed by atoms with van der Waals surface area (Å²) in [6, 6.07) is 6.05. The van der Waals surface area contributed by atoms with Gasteiger partial charge in [-0.15, -0.1) is 0 Å². The van der Waals surface area contributed by atoms with Gasteiger partial charge < -0.3 is 4.74 Å². The first kappa shape index (κ1) is 11.1. The zero-order valence-electron chi connectivity index (χ0n) is 7.52. The number of alkyl halides is 1. The zero-order chi connectivity index (χ0) is 9.68.